The maximum absolute atomic E-state index is 12.3. The summed E-state index contributed by atoms with van der Waals surface area (Å²) in [5.74, 6) is 0. The highest BCUT2D eigenvalue weighted by atomic mass is 32.2. The zero-order valence-electron chi connectivity index (χ0n) is 11.7. The fourth-order valence-electron chi connectivity index (χ4n) is 1.53. The summed E-state index contributed by atoms with van der Waals surface area (Å²) in [5.41, 5.74) is 0.820. The fourth-order valence-corrected chi connectivity index (χ4v) is 2.89. The van der Waals surface area contributed by atoms with Crippen LogP contribution in [0.2, 0.25) is 0 Å². The molecule has 5 heteroatoms. The Kier molecular flexibility index (Phi) is 5.30. The van der Waals surface area contributed by atoms with Crippen LogP contribution in [0.25, 0.3) is 0 Å². The smallest absolute Gasteiger partial charge is 0.184 e. The number of hydrazone groups is 1. The first-order valence-electron chi connectivity index (χ1n) is 6.02. The second-order valence-corrected chi connectivity index (χ2v) is 6.87. The molecule has 0 saturated carbocycles. The Bertz CT molecular complexity index is 560. The van der Waals surface area contributed by atoms with E-state index >= 15 is 0 Å². The van der Waals surface area contributed by atoms with Gasteiger partial charge in [-0.3, -0.25) is 0 Å². The lowest BCUT2D eigenvalue weighted by Crippen LogP contribution is -2.16. The molecule has 0 aliphatic carbocycles. The van der Waals surface area contributed by atoms with Crippen molar-refractivity contribution in [3.63, 3.8) is 0 Å². The molecule has 0 N–H and O–H groups in total. The molecule has 1 aromatic rings. The molecule has 0 saturated heterocycles. The van der Waals surface area contributed by atoms with Crippen LogP contribution in [0.4, 0.5) is 0 Å². The molecule has 0 spiro atoms. The van der Waals surface area contributed by atoms with E-state index < -0.39 is 15.1 Å². The summed E-state index contributed by atoms with van der Waals surface area (Å²) in [6.07, 6.45) is 3.35. The molecule has 1 atom stereocenters. The van der Waals surface area contributed by atoms with Crippen molar-refractivity contribution in [1.29, 1.82) is 0 Å². The van der Waals surface area contributed by atoms with Gasteiger partial charge in [0.15, 0.2) is 9.84 Å². The second-order valence-electron chi connectivity index (χ2n) is 4.57. The molecule has 4 nitrogen and oxygen atoms in total. The van der Waals surface area contributed by atoms with Gasteiger partial charge in [0.2, 0.25) is 0 Å². The van der Waals surface area contributed by atoms with Crippen LogP contribution < -0.4 is 0 Å². The van der Waals surface area contributed by atoms with Crippen LogP contribution in [0.5, 0.6) is 0 Å². The molecule has 0 aliphatic rings. The summed E-state index contributed by atoms with van der Waals surface area (Å²) in [7, 11) is 0.303. The van der Waals surface area contributed by atoms with Gasteiger partial charge in [0.25, 0.3) is 0 Å². The van der Waals surface area contributed by atoms with Gasteiger partial charge in [-0.25, -0.2) is 8.42 Å². The van der Waals surface area contributed by atoms with Crippen molar-refractivity contribution in [2.45, 2.75) is 24.0 Å². The van der Waals surface area contributed by atoms with E-state index in [1.165, 1.54) is 0 Å². The minimum atomic E-state index is -3.32. The summed E-state index contributed by atoms with van der Waals surface area (Å²) >= 11 is 0. The molecule has 1 rings (SSSR count). The third-order valence-electron chi connectivity index (χ3n) is 2.55. The van der Waals surface area contributed by atoms with Crippen molar-refractivity contribution in [3.8, 4) is 0 Å². The quantitative estimate of drug-likeness (QED) is 0.614. The molecule has 0 radical (unpaired) electrons. The van der Waals surface area contributed by atoms with E-state index in [4.69, 9.17) is 0 Å². The maximum Gasteiger partial charge on any atom is 0.184 e. The summed E-state index contributed by atoms with van der Waals surface area (Å²) in [6.45, 7) is 3.51. The highest BCUT2D eigenvalue weighted by Gasteiger charge is 2.20. The van der Waals surface area contributed by atoms with E-state index in [9.17, 15) is 8.42 Å². The van der Waals surface area contributed by atoms with Crippen LogP contribution in [0.15, 0.2) is 52.0 Å². The second kappa shape index (κ2) is 6.52. The van der Waals surface area contributed by atoms with E-state index in [1.54, 1.807) is 54.6 Å². The molecule has 104 valence electrons. The maximum atomic E-state index is 12.3. The first kappa shape index (κ1) is 15.4. The van der Waals surface area contributed by atoms with E-state index in [1.807, 2.05) is 21.0 Å². The molecular formula is C14H20N2O2S. The Morgan fingerprint density at radius 2 is 1.84 bits per heavy atom. The average molecular weight is 280 g/mol. The predicted molar refractivity (Wildman–Crippen MR) is 79.0 cm³/mol. The van der Waals surface area contributed by atoms with Crippen LogP contribution in [0, 0.1) is 0 Å². The van der Waals surface area contributed by atoms with Crippen LogP contribution >= 0.6 is 0 Å². The van der Waals surface area contributed by atoms with Gasteiger partial charge in [-0.05, 0) is 31.6 Å². The lowest BCUT2D eigenvalue weighted by molar-refractivity contribution is 0.440. The van der Waals surface area contributed by atoms with Gasteiger partial charge in [-0.15, -0.1) is 0 Å². The van der Waals surface area contributed by atoms with Gasteiger partial charge >= 0.3 is 0 Å². The van der Waals surface area contributed by atoms with Crippen molar-refractivity contribution in [1.82, 2.24) is 5.01 Å². The van der Waals surface area contributed by atoms with Crippen LogP contribution in [0.3, 0.4) is 0 Å². The SMILES string of the molecule is CC(/C=N\N(C)C)=C\[C@@H](C)S(=O)(=O)c1ccccc1. The number of rotatable bonds is 5. The van der Waals surface area contributed by atoms with Crippen LogP contribution in [0.1, 0.15) is 13.8 Å². The van der Waals surface area contributed by atoms with Crippen LogP contribution in [-0.2, 0) is 9.84 Å². The zero-order valence-corrected chi connectivity index (χ0v) is 12.6. The third-order valence-corrected chi connectivity index (χ3v) is 4.60. The molecule has 0 amide bonds. The highest BCUT2D eigenvalue weighted by molar-refractivity contribution is 7.92. The normalized spacial score (nSPS) is 14.6. The van der Waals surface area contributed by atoms with Crippen molar-refractivity contribution < 1.29 is 8.42 Å². The highest BCUT2D eigenvalue weighted by Crippen LogP contribution is 2.17. The van der Waals surface area contributed by atoms with Gasteiger partial charge in [-0.2, -0.15) is 5.10 Å². The topological polar surface area (TPSA) is 49.7 Å². The number of hydrogen-bond donors (Lipinski definition) is 0. The monoisotopic (exact) mass is 280 g/mol. The van der Waals surface area contributed by atoms with E-state index in [0.717, 1.165) is 5.57 Å². The molecule has 1 aromatic carbocycles. The van der Waals surface area contributed by atoms with Gasteiger partial charge in [-0.1, -0.05) is 24.3 Å². The van der Waals surface area contributed by atoms with E-state index in [0.29, 0.717) is 4.90 Å². The molecule has 19 heavy (non-hydrogen) atoms. The fraction of sp³-hybridized carbons (Fsp3) is 0.357. The predicted octanol–water partition coefficient (Wildman–Crippen LogP) is 2.34. The van der Waals surface area contributed by atoms with Crippen molar-refractivity contribution in [2.75, 3.05) is 14.1 Å². The Morgan fingerprint density at radius 3 is 2.37 bits per heavy atom. The molecule has 0 fully saturated rings. The number of allylic oxidation sites excluding steroid dienone is 1. The van der Waals surface area contributed by atoms with Gasteiger partial charge in [0.1, 0.15) is 0 Å². The zero-order chi connectivity index (χ0) is 14.5. The first-order chi connectivity index (χ1) is 8.84. The van der Waals surface area contributed by atoms with Gasteiger partial charge in [0, 0.05) is 20.3 Å². The number of nitrogens with zero attached hydrogens (tertiary/aromatic N) is 2. The standard InChI is InChI=1S/C14H20N2O2S/c1-12(11-15-16(3)4)10-13(2)19(17,18)14-8-6-5-7-9-14/h5-11,13H,1-4H3/b12-10+,15-11-/t13-/m1/s1. The average Bonchev–Trinajstić information content (AvgIpc) is 2.37. The van der Waals surface area contributed by atoms with Crippen molar-refractivity contribution in [3.05, 3.63) is 42.0 Å². The summed E-state index contributed by atoms with van der Waals surface area (Å²) in [6, 6.07) is 8.48. The minimum Gasteiger partial charge on any atom is -0.303 e. The Morgan fingerprint density at radius 1 is 1.26 bits per heavy atom. The van der Waals surface area contributed by atoms with E-state index in [2.05, 4.69) is 5.10 Å². The molecule has 0 unspecified atom stereocenters. The number of hydrogen-bond acceptors (Lipinski definition) is 4. The minimum absolute atomic E-state index is 0.344. The molecule has 0 bridgehead atoms. The van der Waals surface area contributed by atoms with Crippen LogP contribution in [-0.4, -0.2) is 39.0 Å². The Balaban J connectivity index is 2.95. The summed E-state index contributed by atoms with van der Waals surface area (Å²) < 4.78 is 24.6. The summed E-state index contributed by atoms with van der Waals surface area (Å²) in [4.78, 5) is 0.344. The lowest BCUT2D eigenvalue weighted by atomic mass is 10.3. The number of benzene rings is 1. The molecule has 0 heterocycles. The molecular weight excluding hydrogens is 260 g/mol. The molecule has 0 aliphatic heterocycles. The van der Waals surface area contributed by atoms with Crippen molar-refractivity contribution in [2.24, 2.45) is 5.10 Å². The number of sulfone groups is 1. The largest absolute Gasteiger partial charge is 0.303 e. The lowest BCUT2D eigenvalue weighted by Gasteiger charge is -2.10. The van der Waals surface area contributed by atoms with E-state index in [-0.39, 0.29) is 0 Å². The molecule has 0 aromatic heterocycles. The first-order valence-corrected chi connectivity index (χ1v) is 7.57. The van der Waals surface area contributed by atoms with Gasteiger partial charge in [0.05, 0.1) is 10.1 Å². The Labute approximate surface area is 115 Å². The summed E-state index contributed by atoms with van der Waals surface area (Å²) in [5, 5.41) is 5.16. The Hall–Kier alpha value is -1.62. The third kappa shape index (κ3) is 4.52. The van der Waals surface area contributed by atoms with Gasteiger partial charge < -0.3 is 5.01 Å². The van der Waals surface area contributed by atoms with Crippen molar-refractivity contribution >= 4 is 16.1 Å².